The van der Waals surface area contributed by atoms with E-state index in [1.807, 2.05) is 0 Å². The monoisotopic (exact) mass is 217 g/mol. The molecular weight excluding hydrogens is 210 g/mol. The van der Waals surface area contributed by atoms with E-state index in [1.165, 1.54) is 18.7 Å². The standard InChI is InChI=1S/C10H7N3O3/c14-13(15)7-8(9-3-1-6-16-9)10-11-4-2-5-12-10/h1-7H. The first-order chi connectivity index (χ1) is 7.77. The van der Waals surface area contributed by atoms with Crippen molar-refractivity contribution in [1.82, 2.24) is 9.97 Å². The van der Waals surface area contributed by atoms with Crippen LogP contribution in [0.1, 0.15) is 11.6 Å². The molecule has 0 aliphatic carbocycles. The van der Waals surface area contributed by atoms with E-state index in [2.05, 4.69) is 9.97 Å². The predicted octanol–water partition coefficient (Wildman–Crippen LogP) is 1.74. The van der Waals surface area contributed by atoms with Gasteiger partial charge in [0.1, 0.15) is 11.3 Å². The summed E-state index contributed by atoms with van der Waals surface area (Å²) < 4.78 is 5.10. The summed E-state index contributed by atoms with van der Waals surface area (Å²) in [6, 6.07) is 4.90. The summed E-state index contributed by atoms with van der Waals surface area (Å²) >= 11 is 0. The smallest absolute Gasteiger partial charge is 0.249 e. The van der Waals surface area contributed by atoms with E-state index in [0.29, 0.717) is 5.76 Å². The second kappa shape index (κ2) is 4.35. The Morgan fingerprint density at radius 3 is 2.69 bits per heavy atom. The highest BCUT2D eigenvalue weighted by atomic mass is 16.6. The molecule has 0 spiro atoms. The quantitative estimate of drug-likeness (QED) is 0.577. The molecule has 16 heavy (non-hydrogen) atoms. The lowest BCUT2D eigenvalue weighted by Gasteiger charge is -1.98. The Hall–Kier alpha value is -2.50. The molecule has 0 bridgehead atoms. The van der Waals surface area contributed by atoms with Crippen molar-refractivity contribution in [2.24, 2.45) is 0 Å². The van der Waals surface area contributed by atoms with Crippen molar-refractivity contribution < 1.29 is 9.34 Å². The number of hydrogen-bond donors (Lipinski definition) is 0. The fourth-order valence-corrected chi connectivity index (χ4v) is 1.21. The average molecular weight is 217 g/mol. The van der Waals surface area contributed by atoms with Gasteiger partial charge in [-0.2, -0.15) is 0 Å². The highest BCUT2D eigenvalue weighted by Crippen LogP contribution is 2.19. The summed E-state index contributed by atoms with van der Waals surface area (Å²) in [5.74, 6) is 0.622. The highest BCUT2D eigenvalue weighted by Gasteiger charge is 2.14. The molecule has 0 amide bonds. The Labute approximate surface area is 90.4 Å². The molecule has 80 valence electrons. The van der Waals surface area contributed by atoms with Gasteiger partial charge in [0.25, 0.3) is 0 Å². The third-order valence-corrected chi connectivity index (χ3v) is 1.83. The number of aromatic nitrogens is 2. The van der Waals surface area contributed by atoms with E-state index in [1.54, 1.807) is 18.2 Å². The molecule has 6 nitrogen and oxygen atoms in total. The molecule has 2 heterocycles. The minimum Gasteiger partial charge on any atom is -0.464 e. The minimum absolute atomic E-state index is 0.246. The van der Waals surface area contributed by atoms with Crippen molar-refractivity contribution >= 4 is 5.57 Å². The molecule has 0 aliphatic rings. The first kappa shape index (κ1) is 10.0. The molecule has 0 atom stereocenters. The van der Waals surface area contributed by atoms with E-state index in [-0.39, 0.29) is 11.4 Å². The molecule has 0 fully saturated rings. The SMILES string of the molecule is O=[N+]([O-])C=C(c1ncccn1)c1ccco1. The lowest BCUT2D eigenvalue weighted by molar-refractivity contribution is -0.401. The van der Waals surface area contributed by atoms with Crippen molar-refractivity contribution in [2.45, 2.75) is 0 Å². The molecule has 2 aromatic rings. The Morgan fingerprint density at radius 1 is 1.38 bits per heavy atom. The van der Waals surface area contributed by atoms with E-state index >= 15 is 0 Å². The molecule has 2 rings (SSSR count). The van der Waals surface area contributed by atoms with Crippen LogP contribution in [0.3, 0.4) is 0 Å². The summed E-state index contributed by atoms with van der Waals surface area (Å²) in [5, 5.41) is 10.5. The zero-order valence-electron chi connectivity index (χ0n) is 8.11. The Morgan fingerprint density at radius 2 is 2.12 bits per heavy atom. The summed E-state index contributed by atoms with van der Waals surface area (Å²) in [6.07, 6.45) is 5.29. The molecule has 0 saturated carbocycles. The van der Waals surface area contributed by atoms with Crippen LogP contribution in [0.2, 0.25) is 0 Å². The number of nitrogens with zero attached hydrogens (tertiary/aromatic N) is 3. The van der Waals surface area contributed by atoms with Gasteiger partial charge in [-0.3, -0.25) is 10.1 Å². The van der Waals surface area contributed by atoms with Crippen LogP contribution in [0, 0.1) is 10.1 Å². The average Bonchev–Trinajstić information content (AvgIpc) is 2.80. The van der Waals surface area contributed by atoms with Crippen molar-refractivity contribution in [2.75, 3.05) is 0 Å². The summed E-state index contributed by atoms with van der Waals surface area (Å²) in [4.78, 5) is 17.8. The first-order valence-corrected chi connectivity index (χ1v) is 4.44. The maximum Gasteiger partial charge on any atom is 0.249 e. The van der Waals surface area contributed by atoms with Crippen molar-refractivity contribution in [3.05, 3.63) is 64.8 Å². The second-order valence-electron chi connectivity index (χ2n) is 2.88. The molecule has 0 N–H and O–H groups in total. The van der Waals surface area contributed by atoms with Crippen LogP contribution in [-0.4, -0.2) is 14.9 Å². The molecule has 0 unspecified atom stereocenters. The van der Waals surface area contributed by atoms with Crippen LogP contribution in [0.15, 0.2) is 47.5 Å². The van der Waals surface area contributed by atoms with Crippen LogP contribution in [0.25, 0.3) is 5.57 Å². The van der Waals surface area contributed by atoms with Gasteiger partial charge in [-0.05, 0) is 18.2 Å². The normalized spacial score (nSPS) is 11.4. The summed E-state index contributed by atoms with van der Waals surface area (Å²) in [7, 11) is 0. The van der Waals surface area contributed by atoms with Crippen molar-refractivity contribution in [3.63, 3.8) is 0 Å². The number of rotatable bonds is 3. The fourth-order valence-electron chi connectivity index (χ4n) is 1.21. The van der Waals surface area contributed by atoms with E-state index in [9.17, 15) is 10.1 Å². The predicted molar refractivity (Wildman–Crippen MR) is 54.8 cm³/mol. The number of hydrogen-bond acceptors (Lipinski definition) is 5. The Balaban J connectivity index is 2.49. The third kappa shape index (κ3) is 2.11. The largest absolute Gasteiger partial charge is 0.464 e. The van der Waals surface area contributed by atoms with E-state index < -0.39 is 4.92 Å². The molecule has 2 aromatic heterocycles. The zero-order valence-corrected chi connectivity index (χ0v) is 8.11. The molecular formula is C10H7N3O3. The Bertz CT molecular complexity index is 505. The van der Waals surface area contributed by atoms with E-state index in [4.69, 9.17) is 4.42 Å². The van der Waals surface area contributed by atoms with Gasteiger partial charge in [-0.25, -0.2) is 9.97 Å². The van der Waals surface area contributed by atoms with Gasteiger partial charge in [0.15, 0.2) is 5.82 Å². The molecule has 0 saturated heterocycles. The van der Waals surface area contributed by atoms with Crippen LogP contribution in [0.4, 0.5) is 0 Å². The van der Waals surface area contributed by atoms with Gasteiger partial charge < -0.3 is 4.42 Å². The van der Waals surface area contributed by atoms with Crippen molar-refractivity contribution in [3.8, 4) is 0 Å². The fraction of sp³-hybridized carbons (Fsp3) is 0. The number of nitro groups is 1. The van der Waals surface area contributed by atoms with Crippen LogP contribution in [0.5, 0.6) is 0 Å². The minimum atomic E-state index is -0.561. The van der Waals surface area contributed by atoms with Crippen LogP contribution >= 0.6 is 0 Å². The van der Waals surface area contributed by atoms with E-state index in [0.717, 1.165) is 6.20 Å². The topological polar surface area (TPSA) is 82.1 Å². The first-order valence-electron chi connectivity index (χ1n) is 4.44. The van der Waals surface area contributed by atoms with Gasteiger partial charge in [0, 0.05) is 12.4 Å². The lowest BCUT2D eigenvalue weighted by atomic mass is 10.2. The van der Waals surface area contributed by atoms with Crippen LogP contribution in [-0.2, 0) is 0 Å². The van der Waals surface area contributed by atoms with Gasteiger partial charge >= 0.3 is 0 Å². The molecule has 0 aromatic carbocycles. The van der Waals surface area contributed by atoms with Gasteiger partial charge in [-0.15, -0.1) is 0 Å². The van der Waals surface area contributed by atoms with Gasteiger partial charge in [-0.1, -0.05) is 0 Å². The summed E-state index contributed by atoms with van der Waals surface area (Å²) in [5.41, 5.74) is 0.246. The lowest BCUT2D eigenvalue weighted by Crippen LogP contribution is -1.97. The van der Waals surface area contributed by atoms with Gasteiger partial charge in [0.05, 0.1) is 11.2 Å². The molecule has 6 heteroatoms. The maximum atomic E-state index is 10.5. The van der Waals surface area contributed by atoms with Crippen molar-refractivity contribution in [1.29, 1.82) is 0 Å². The Kier molecular flexibility index (Phi) is 2.73. The van der Waals surface area contributed by atoms with Crippen LogP contribution < -0.4 is 0 Å². The molecule has 0 aliphatic heterocycles. The maximum absolute atomic E-state index is 10.5. The second-order valence-corrected chi connectivity index (χ2v) is 2.88. The summed E-state index contributed by atoms with van der Waals surface area (Å²) in [6.45, 7) is 0. The zero-order chi connectivity index (χ0) is 11.4. The molecule has 0 radical (unpaired) electrons. The van der Waals surface area contributed by atoms with Gasteiger partial charge in [0.2, 0.25) is 6.20 Å². The highest BCUT2D eigenvalue weighted by molar-refractivity contribution is 5.71. The number of furan rings is 1. The third-order valence-electron chi connectivity index (χ3n) is 1.83.